The largest absolute Gasteiger partial charge is 0.344 e. The Labute approximate surface area is 136 Å². The molecule has 0 aromatic heterocycles. The molecule has 0 spiro atoms. The van der Waals surface area contributed by atoms with Gasteiger partial charge in [0.15, 0.2) is 9.84 Å². The van der Waals surface area contributed by atoms with Gasteiger partial charge in [0.05, 0.1) is 11.5 Å². The van der Waals surface area contributed by atoms with Crippen LogP contribution in [0.1, 0.15) is 44.9 Å². The molecular weight excluding hydrogens is 316 g/mol. The van der Waals surface area contributed by atoms with Crippen LogP contribution in [-0.4, -0.2) is 43.3 Å². The lowest BCUT2D eigenvalue weighted by molar-refractivity contribution is -0.142. The summed E-state index contributed by atoms with van der Waals surface area (Å²) in [6.07, 6.45) is 7.23. The number of hydrogen-bond acceptors (Lipinski definition) is 4. The molecule has 128 valence electrons. The molecule has 1 aliphatic heterocycles. The number of rotatable bonds is 2. The molecule has 2 amide bonds. The lowest BCUT2D eigenvalue weighted by atomic mass is 9.53. The van der Waals surface area contributed by atoms with Crippen molar-refractivity contribution in [2.45, 2.75) is 56.5 Å². The molecule has 4 bridgehead atoms. The van der Waals surface area contributed by atoms with Crippen LogP contribution in [0.15, 0.2) is 0 Å². The van der Waals surface area contributed by atoms with Gasteiger partial charge in [0.1, 0.15) is 0 Å². The number of hydrogen-bond donors (Lipinski definition) is 2. The molecule has 6 nitrogen and oxygen atoms in total. The van der Waals surface area contributed by atoms with Crippen LogP contribution in [0.2, 0.25) is 0 Å². The first-order chi connectivity index (χ1) is 10.8. The SMILES string of the molecule is O=C(NC1CCS(=O)(=O)C1)C(=O)NC12CC3CC(CC(C3)C1)C2. The minimum atomic E-state index is -3.06. The van der Waals surface area contributed by atoms with E-state index in [0.717, 1.165) is 19.3 Å². The van der Waals surface area contributed by atoms with Gasteiger partial charge in [-0.1, -0.05) is 0 Å². The first-order valence-electron chi connectivity index (χ1n) is 8.66. The highest BCUT2D eigenvalue weighted by Gasteiger charge is 2.52. The maximum Gasteiger partial charge on any atom is 0.309 e. The molecule has 4 saturated carbocycles. The van der Waals surface area contributed by atoms with Crippen molar-refractivity contribution in [3.63, 3.8) is 0 Å². The molecule has 2 N–H and O–H groups in total. The maximum absolute atomic E-state index is 12.3. The van der Waals surface area contributed by atoms with Crippen LogP contribution in [0.25, 0.3) is 0 Å². The summed E-state index contributed by atoms with van der Waals surface area (Å²) in [5.41, 5.74) is -0.190. The fourth-order valence-corrected chi connectivity index (χ4v) is 7.39. The molecule has 1 atom stereocenters. The lowest BCUT2D eigenvalue weighted by Crippen LogP contribution is -2.62. The topological polar surface area (TPSA) is 92.3 Å². The van der Waals surface area contributed by atoms with E-state index in [0.29, 0.717) is 24.2 Å². The Hall–Kier alpha value is -1.11. The van der Waals surface area contributed by atoms with Gasteiger partial charge in [0.25, 0.3) is 0 Å². The van der Waals surface area contributed by atoms with Crippen molar-refractivity contribution < 1.29 is 18.0 Å². The molecule has 1 unspecified atom stereocenters. The van der Waals surface area contributed by atoms with Crippen molar-refractivity contribution >= 4 is 21.7 Å². The van der Waals surface area contributed by atoms with Crippen molar-refractivity contribution in [3.8, 4) is 0 Å². The molecule has 1 saturated heterocycles. The van der Waals surface area contributed by atoms with Gasteiger partial charge in [-0.25, -0.2) is 8.42 Å². The molecule has 1 heterocycles. The van der Waals surface area contributed by atoms with Crippen molar-refractivity contribution in [1.29, 1.82) is 0 Å². The molecule has 4 aliphatic carbocycles. The van der Waals surface area contributed by atoms with Crippen molar-refractivity contribution in [2.75, 3.05) is 11.5 Å². The summed E-state index contributed by atoms with van der Waals surface area (Å²) in [5.74, 6) is 0.871. The Balaban J connectivity index is 1.37. The minimum Gasteiger partial charge on any atom is -0.344 e. The third kappa shape index (κ3) is 2.99. The van der Waals surface area contributed by atoms with E-state index in [9.17, 15) is 18.0 Å². The summed E-state index contributed by atoms with van der Waals surface area (Å²) in [6.45, 7) is 0. The molecule has 0 radical (unpaired) electrons. The third-order valence-corrected chi connectivity index (χ3v) is 7.96. The van der Waals surface area contributed by atoms with Gasteiger partial charge < -0.3 is 10.6 Å². The summed E-state index contributed by atoms with van der Waals surface area (Å²) in [5, 5.41) is 5.61. The van der Waals surface area contributed by atoms with E-state index < -0.39 is 27.7 Å². The van der Waals surface area contributed by atoms with Gasteiger partial charge in [-0.15, -0.1) is 0 Å². The monoisotopic (exact) mass is 340 g/mol. The predicted octanol–water partition coefficient (Wildman–Crippen LogP) is 0.375. The number of carbonyl (C=O) groups is 2. The average molecular weight is 340 g/mol. The van der Waals surface area contributed by atoms with Gasteiger partial charge in [0.2, 0.25) is 0 Å². The second-order valence-corrected chi connectivity index (χ2v) is 10.5. The molecule has 5 rings (SSSR count). The summed E-state index contributed by atoms with van der Waals surface area (Å²) >= 11 is 0. The van der Waals surface area contributed by atoms with Crippen LogP contribution in [0.3, 0.4) is 0 Å². The van der Waals surface area contributed by atoms with E-state index >= 15 is 0 Å². The van der Waals surface area contributed by atoms with E-state index in [1.165, 1.54) is 19.3 Å². The first kappa shape index (κ1) is 15.4. The van der Waals surface area contributed by atoms with Gasteiger partial charge in [-0.05, 0) is 62.7 Å². The Kier molecular flexibility index (Phi) is 3.48. The summed E-state index contributed by atoms with van der Waals surface area (Å²) < 4.78 is 22.9. The van der Waals surface area contributed by atoms with Gasteiger partial charge in [-0.3, -0.25) is 9.59 Å². The summed E-state index contributed by atoms with van der Waals surface area (Å²) in [4.78, 5) is 24.4. The normalized spacial score (nSPS) is 43.3. The van der Waals surface area contributed by atoms with Crippen LogP contribution in [0.4, 0.5) is 0 Å². The molecule has 23 heavy (non-hydrogen) atoms. The number of amides is 2. The van der Waals surface area contributed by atoms with Crippen molar-refractivity contribution in [3.05, 3.63) is 0 Å². The second-order valence-electron chi connectivity index (χ2n) is 8.23. The Morgan fingerprint density at radius 2 is 1.48 bits per heavy atom. The molecule has 7 heteroatoms. The van der Waals surface area contributed by atoms with Gasteiger partial charge in [-0.2, -0.15) is 0 Å². The van der Waals surface area contributed by atoms with Crippen LogP contribution in [-0.2, 0) is 19.4 Å². The van der Waals surface area contributed by atoms with Crippen molar-refractivity contribution in [1.82, 2.24) is 10.6 Å². The predicted molar refractivity (Wildman–Crippen MR) is 84.2 cm³/mol. The van der Waals surface area contributed by atoms with Gasteiger partial charge >= 0.3 is 11.8 Å². The molecule has 5 fully saturated rings. The Bertz CT molecular complexity index is 607. The number of carbonyl (C=O) groups excluding carboxylic acids is 2. The van der Waals surface area contributed by atoms with Crippen LogP contribution >= 0.6 is 0 Å². The smallest absolute Gasteiger partial charge is 0.309 e. The van der Waals surface area contributed by atoms with Crippen LogP contribution < -0.4 is 10.6 Å². The third-order valence-electron chi connectivity index (χ3n) is 6.19. The zero-order chi connectivity index (χ0) is 16.2. The Morgan fingerprint density at radius 3 is 1.96 bits per heavy atom. The molecule has 0 aromatic rings. The van der Waals surface area contributed by atoms with E-state index in [4.69, 9.17) is 0 Å². The second kappa shape index (κ2) is 5.19. The first-order valence-corrected chi connectivity index (χ1v) is 10.5. The fourth-order valence-electron chi connectivity index (χ4n) is 5.72. The van der Waals surface area contributed by atoms with Gasteiger partial charge in [0, 0.05) is 11.6 Å². The molecule has 0 aromatic carbocycles. The zero-order valence-corrected chi connectivity index (χ0v) is 14.0. The molecule has 5 aliphatic rings. The maximum atomic E-state index is 12.3. The van der Waals surface area contributed by atoms with Crippen LogP contribution in [0, 0.1) is 17.8 Å². The standard InChI is InChI=1S/C16H24N2O4S/c19-14(17-13-1-2-23(21,22)9-13)15(20)18-16-6-10-3-11(7-16)5-12(4-10)8-16/h10-13H,1-9H2,(H,17,19)(H,18,20). The molecular formula is C16H24N2O4S. The van der Waals surface area contributed by atoms with E-state index in [2.05, 4.69) is 10.6 Å². The number of sulfone groups is 1. The highest BCUT2D eigenvalue weighted by Crippen LogP contribution is 2.55. The van der Waals surface area contributed by atoms with E-state index in [-0.39, 0.29) is 17.0 Å². The van der Waals surface area contributed by atoms with E-state index in [1.54, 1.807) is 0 Å². The Morgan fingerprint density at radius 1 is 0.913 bits per heavy atom. The van der Waals surface area contributed by atoms with Crippen molar-refractivity contribution in [2.24, 2.45) is 17.8 Å². The van der Waals surface area contributed by atoms with E-state index in [1.807, 2.05) is 0 Å². The number of nitrogens with one attached hydrogen (secondary N) is 2. The fraction of sp³-hybridized carbons (Fsp3) is 0.875. The quantitative estimate of drug-likeness (QED) is 0.711. The summed E-state index contributed by atoms with van der Waals surface area (Å²) in [7, 11) is -3.06. The van der Waals surface area contributed by atoms with Crippen LogP contribution in [0.5, 0.6) is 0 Å². The lowest BCUT2D eigenvalue weighted by Gasteiger charge is -2.56. The highest BCUT2D eigenvalue weighted by molar-refractivity contribution is 7.91. The zero-order valence-electron chi connectivity index (χ0n) is 13.2. The average Bonchev–Trinajstić information content (AvgIpc) is 2.75. The summed E-state index contributed by atoms with van der Waals surface area (Å²) in [6, 6.07) is -0.422. The minimum absolute atomic E-state index is 0.0522. The highest BCUT2D eigenvalue weighted by atomic mass is 32.2.